The Morgan fingerprint density at radius 3 is 2.27 bits per heavy atom. The summed E-state index contributed by atoms with van der Waals surface area (Å²) in [5.74, 6) is -6.24. The van der Waals surface area contributed by atoms with Gasteiger partial charge in [-0.3, -0.25) is 0 Å². The van der Waals surface area contributed by atoms with E-state index in [1.165, 1.54) is 24.3 Å². The molecule has 1 atom stereocenters. The lowest BCUT2D eigenvalue weighted by Crippen LogP contribution is -2.40. The van der Waals surface area contributed by atoms with Crippen molar-refractivity contribution in [3.8, 4) is 0 Å². The van der Waals surface area contributed by atoms with Gasteiger partial charge in [0.15, 0.2) is 0 Å². The van der Waals surface area contributed by atoms with Crippen LogP contribution in [0.4, 0.5) is 8.78 Å². The monoisotopic (exact) mass is 235 g/mol. The Morgan fingerprint density at radius 2 is 1.87 bits per heavy atom. The Hall–Kier alpha value is -1.20. The zero-order valence-electron chi connectivity index (χ0n) is 7.45. The molecular weight excluding hydrogens is 228 g/mol. The maximum atomic E-state index is 13.0. The van der Waals surface area contributed by atoms with Gasteiger partial charge in [-0.25, -0.2) is 4.79 Å². The third kappa shape index (κ3) is 2.43. The lowest BCUT2D eigenvalue weighted by atomic mass is 10.0. The van der Waals surface area contributed by atoms with Crippen molar-refractivity contribution in [1.82, 2.24) is 0 Å². The summed E-state index contributed by atoms with van der Waals surface area (Å²) in [5, 5.41) is 8.64. The zero-order chi connectivity index (χ0) is 11.6. The molecule has 1 aromatic rings. The Balaban J connectivity index is 2.99. The molecule has 0 amide bonds. The van der Waals surface area contributed by atoms with Crippen molar-refractivity contribution in [2.45, 2.75) is 12.0 Å². The highest BCUT2D eigenvalue weighted by atomic mass is 35.5. The van der Waals surface area contributed by atoms with Gasteiger partial charge in [-0.2, -0.15) is 8.78 Å². The first-order valence-electron chi connectivity index (χ1n) is 3.98. The highest BCUT2D eigenvalue weighted by Crippen LogP contribution is 2.29. The SMILES string of the molecule is NC(c1ccc(Cl)cc1)C(F)(F)C(=O)O. The fraction of sp³-hybridized carbons (Fsp3) is 0.222. The first-order valence-corrected chi connectivity index (χ1v) is 4.35. The number of rotatable bonds is 3. The summed E-state index contributed by atoms with van der Waals surface area (Å²) < 4.78 is 25.9. The summed E-state index contributed by atoms with van der Waals surface area (Å²) in [6.45, 7) is 0. The molecule has 1 unspecified atom stereocenters. The maximum Gasteiger partial charge on any atom is 0.376 e. The van der Waals surface area contributed by atoms with Crippen molar-refractivity contribution in [2.75, 3.05) is 0 Å². The molecule has 0 aliphatic rings. The molecule has 82 valence electrons. The van der Waals surface area contributed by atoms with E-state index in [0.717, 1.165) is 0 Å². The number of carboxylic acids is 1. The number of carbonyl (C=O) groups is 1. The van der Waals surface area contributed by atoms with Gasteiger partial charge >= 0.3 is 11.9 Å². The molecule has 0 aromatic heterocycles. The van der Waals surface area contributed by atoms with E-state index in [-0.39, 0.29) is 5.56 Å². The molecule has 3 N–H and O–H groups in total. The van der Waals surface area contributed by atoms with Crippen molar-refractivity contribution >= 4 is 17.6 Å². The number of benzene rings is 1. The molecule has 0 aliphatic heterocycles. The van der Waals surface area contributed by atoms with E-state index in [9.17, 15) is 13.6 Å². The largest absolute Gasteiger partial charge is 0.477 e. The molecule has 15 heavy (non-hydrogen) atoms. The van der Waals surface area contributed by atoms with Crippen LogP contribution in [0.5, 0.6) is 0 Å². The van der Waals surface area contributed by atoms with Gasteiger partial charge in [0.25, 0.3) is 0 Å². The van der Waals surface area contributed by atoms with Gasteiger partial charge in [0.2, 0.25) is 0 Å². The fourth-order valence-electron chi connectivity index (χ4n) is 1.01. The molecule has 0 spiro atoms. The molecule has 0 fully saturated rings. The second kappa shape index (κ2) is 4.12. The minimum atomic E-state index is -3.99. The van der Waals surface area contributed by atoms with E-state index < -0.39 is 17.9 Å². The van der Waals surface area contributed by atoms with E-state index in [4.69, 9.17) is 22.4 Å². The summed E-state index contributed by atoms with van der Waals surface area (Å²) in [6.07, 6.45) is 0. The van der Waals surface area contributed by atoms with Crippen LogP contribution in [-0.4, -0.2) is 17.0 Å². The lowest BCUT2D eigenvalue weighted by Gasteiger charge is -2.19. The fourth-order valence-corrected chi connectivity index (χ4v) is 1.14. The van der Waals surface area contributed by atoms with Crippen LogP contribution >= 0.6 is 11.6 Å². The number of halogens is 3. The van der Waals surface area contributed by atoms with Crippen LogP contribution in [0, 0.1) is 0 Å². The highest BCUT2D eigenvalue weighted by molar-refractivity contribution is 6.30. The quantitative estimate of drug-likeness (QED) is 0.843. The molecule has 1 aromatic carbocycles. The summed E-state index contributed by atoms with van der Waals surface area (Å²) in [5.41, 5.74) is 5.17. The number of hydrogen-bond donors (Lipinski definition) is 2. The van der Waals surface area contributed by atoms with Crippen LogP contribution in [0.25, 0.3) is 0 Å². The first-order chi connectivity index (χ1) is 6.85. The lowest BCUT2D eigenvalue weighted by molar-refractivity contribution is -0.168. The third-order valence-electron chi connectivity index (χ3n) is 1.90. The number of nitrogens with two attached hydrogens (primary N) is 1. The molecule has 1 rings (SSSR count). The van der Waals surface area contributed by atoms with Gasteiger partial charge in [-0.15, -0.1) is 0 Å². The molecule has 0 saturated carbocycles. The van der Waals surface area contributed by atoms with Crippen LogP contribution < -0.4 is 5.73 Å². The van der Waals surface area contributed by atoms with E-state index in [0.29, 0.717) is 5.02 Å². The molecule has 3 nitrogen and oxygen atoms in total. The molecule has 0 radical (unpaired) electrons. The Kier molecular flexibility index (Phi) is 3.26. The van der Waals surface area contributed by atoms with Crippen LogP contribution in [0.2, 0.25) is 5.02 Å². The topological polar surface area (TPSA) is 63.3 Å². The number of hydrogen-bond acceptors (Lipinski definition) is 2. The molecule has 0 saturated heterocycles. The predicted molar refractivity (Wildman–Crippen MR) is 51.0 cm³/mol. The molecule has 0 heterocycles. The van der Waals surface area contributed by atoms with Gasteiger partial charge in [0.05, 0.1) is 0 Å². The Bertz CT molecular complexity index is 367. The van der Waals surface area contributed by atoms with Crippen molar-refractivity contribution < 1.29 is 18.7 Å². The average Bonchev–Trinajstić information content (AvgIpc) is 2.17. The third-order valence-corrected chi connectivity index (χ3v) is 2.16. The van der Waals surface area contributed by atoms with E-state index >= 15 is 0 Å². The van der Waals surface area contributed by atoms with Gasteiger partial charge in [0, 0.05) is 5.02 Å². The van der Waals surface area contributed by atoms with Crippen LogP contribution in [-0.2, 0) is 4.79 Å². The number of alkyl halides is 2. The van der Waals surface area contributed by atoms with Crippen molar-refractivity contribution in [1.29, 1.82) is 0 Å². The summed E-state index contributed by atoms with van der Waals surface area (Å²) >= 11 is 5.55. The zero-order valence-corrected chi connectivity index (χ0v) is 8.21. The first kappa shape index (κ1) is 11.9. The highest BCUT2D eigenvalue weighted by Gasteiger charge is 2.46. The molecule has 0 aliphatic carbocycles. The van der Waals surface area contributed by atoms with E-state index in [1.807, 2.05) is 0 Å². The predicted octanol–water partition coefficient (Wildman–Crippen LogP) is 2.06. The number of aliphatic carboxylic acids is 1. The molecular formula is C9H8ClF2NO2. The van der Waals surface area contributed by atoms with Crippen LogP contribution in [0.1, 0.15) is 11.6 Å². The van der Waals surface area contributed by atoms with Gasteiger partial charge in [0.1, 0.15) is 6.04 Å². The van der Waals surface area contributed by atoms with E-state index in [2.05, 4.69) is 0 Å². The average molecular weight is 236 g/mol. The standard InChI is InChI=1S/C9H8ClF2NO2/c10-6-3-1-5(2-4-6)7(13)9(11,12)8(14)15/h1-4,7H,13H2,(H,14,15). The van der Waals surface area contributed by atoms with Crippen molar-refractivity contribution in [3.63, 3.8) is 0 Å². The normalized spacial score (nSPS) is 13.6. The van der Waals surface area contributed by atoms with Crippen molar-refractivity contribution in [3.05, 3.63) is 34.9 Å². The smallest absolute Gasteiger partial charge is 0.376 e. The minimum Gasteiger partial charge on any atom is -0.477 e. The maximum absolute atomic E-state index is 13.0. The second-order valence-electron chi connectivity index (χ2n) is 2.96. The van der Waals surface area contributed by atoms with Gasteiger partial charge < -0.3 is 10.8 Å². The summed E-state index contributed by atoms with van der Waals surface area (Å²) in [4.78, 5) is 10.2. The van der Waals surface area contributed by atoms with Gasteiger partial charge in [-0.1, -0.05) is 23.7 Å². The van der Waals surface area contributed by atoms with Gasteiger partial charge in [-0.05, 0) is 17.7 Å². The second-order valence-corrected chi connectivity index (χ2v) is 3.39. The Labute approximate surface area is 89.5 Å². The summed E-state index contributed by atoms with van der Waals surface area (Å²) in [6, 6.07) is 3.39. The Morgan fingerprint density at radius 1 is 1.40 bits per heavy atom. The van der Waals surface area contributed by atoms with E-state index in [1.54, 1.807) is 0 Å². The van der Waals surface area contributed by atoms with Crippen molar-refractivity contribution in [2.24, 2.45) is 5.73 Å². The minimum absolute atomic E-state index is 0.0202. The molecule has 6 heteroatoms. The molecule has 0 bridgehead atoms. The van der Waals surface area contributed by atoms with Crippen LogP contribution in [0.3, 0.4) is 0 Å². The van der Waals surface area contributed by atoms with Crippen LogP contribution in [0.15, 0.2) is 24.3 Å². The number of carboxylic acid groups (broad SMARTS) is 1. The summed E-state index contributed by atoms with van der Waals surface area (Å²) in [7, 11) is 0.